The van der Waals surface area contributed by atoms with Gasteiger partial charge in [0.2, 0.25) is 0 Å². The Kier molecular flexibility index (Phi) is 10.1. The van der Waals surface area contributed by atoms with Crippen molar-refractivity contribution in [3.05, 3.63) is 23.3 Å². The second-order valence-electron chi connectivity index (χ2n) is 4.77. The third kappa shape index (κ3) is 6.34. The van der Waals surface area contributed by atoms with Crippen LogP contribution in [0.1, 0.15) is 11.1 Å². The molecule has 1 N–H and O–H groups in total. The molecular formula is C13H24Cl2N2O2. The first-order chi connectivity index (χ1) is 7.93. The molecule has 6 heteroatoms. The molecule has 0 saturated heterocycles. The SMILES string of the molecule is COc1cc(CN(C)C)c(O)c(CN(C)C)c1.Cl.Cl. The summed E-state index contributed by atoms with van der Waals surface area (Å²) in [6, 6.07) is 3.77. The van der Waals surface area contributed by atoms with Gasteiger partial charge in [0, 0.05) is 24.2 Å². The minimum absolute atomic E-state index is 0. The van der Waals surface area contributed by atoms with Crippen molar-refractivity contribution in [2.75, 3.05) is 35.3 Å². The summed E-state index contributed by atoms with van der Waals surface area (Å²) < 4.78 is 5.27. The van der Waals surface area contributed by atoms with E-state index >= 15 is 0 Å². The van der Waals surface area contributed by atoms with Gasteiger partial charge in [-0.05, 0) is 40.3 Å². The summed E-state index contributed by atoms with van der Waals surface area (Å²) in [6.45, 7) is 1.40. The number of hydrogen-bond acceptors (Lipinski definition) is 4. The van der Waals surface area contributed by atoms with E-state index in [1.807, 2.05) is 50.1 Å². The van der Waals surface area contributed by atoms with Gasteiger partial charge in [-0.1, -0.05) is 0 Å². The molecule has 0 amide bonds. The smallest absolute Gasteiger partial charge is 0.124 e. The molecule has 0 aromatic heterocycles. The maximum absolute atomic E-state index is 10.2. The first kappa shape index (κ1) is 20.6. The Morgan fingerprint density at radius 2 is 1.32 bits per heavy atom. The molecule has 0 heterocycles. The van der Waals surface area contributed by atoms with Crippen LogP contribution in [0.15, 0.2) is 12.1 Å². The van der Waals surface area contributed by atoms with Crippen molar-refractivity contribution in [1.29, 1.82) is 0 Å². The topological polar surface area (TPSA) is 35.9 Å². The van der Waals surface area contributed by atoms with E-state index in [1.165, 1.54) is 0 Å². The van der Waals surface area contributed by atoms with E-state index in [9.17, 15) is 5.11 Å². The first-order valence-corrected chi connectivity index (χ1v) is 5.62. The zero-order valence-electron chi connectivity index (χ0n) is 12.1. The van der Waals surface area contributed by atoms with Crippen LogP contribution in [0.2, 0.25) is 0 Å². The number of halogens is 2. The first-order valence-electron chi connectivity index (χ1n) is 5.62. The van der Waals surface area contributed by atoms with Crippen LogP contribution >= 0.6 is 24.8 Å². The molecule has 0 fully saturated rings. The second-order valence-corrected chi connectivity index (χ2v) is 4.77. The second kappa shape index (κ2) is 9.26. The summed E-state index contributed by atoms with van der Waals surface area (Å²) >= 11 is 0. The maximum atomic E-state index is 10.2. The molecule has 112 valence electrons. The molecule has 0 radical (unpaired) electrons. The van der Waals surface area contributed by atoms with E-state index in [-0.39, 0.29) is 24.8 Å². The number of hydrogen-bond donors (Lipinski definition) is 1. The van der Waals surface area contributed by atoms with Crippen LogP contribution in [0.25, 0.3) is 0 Å². The zero-order chi connectivity index (χ0) is 13.0. The molecule has 0 spiro atoms. The molecule has 0 unspecified atom stereocenters. The van der Waals surface area contributed by atoms with Crippen molar-refractivity contribution >= 4 is 24.8 Å². The van der Waals surface area contributed by atoms with Crippen LogP contribution in [0, 0.1) is 0 Å². The molecule has 0 bridgehead atoms. The molecule has 19 heavy (non-hydrogen) atoms. The highest BCUT2D eigenvalue weighted by molar-refractivity contribution is 5.85. The number of phenolic OH excluding ortho intramolecular Hbond substituents is 1. The number of phenols is 1. The van der Waals surface area contributed by atoms with Gasteiger partial charge in [-0.2, -0.15) is 0 Å². The Labute approximate surface area is 128 Å². The van der Waals surface area contributed by atoms with Crippen LogP contribution in [-0.4, -0.2) is 50.2 Å². The van der Waals surface area contributed by atoms with Crippen molar-refractivity contribution in [3.8, 4) is 11.5 Å². The van der Waals surface area contributed by atoms with Gasteiger partial charge in [-0.3, -0.25) is 0 Å². The average Bonchev–Trinajstić information content (AvgIpc) is 2.22. The zero-order valence-corrected chi connectivity index (χ0v) is 13.8. The Hall–Kier alpha value is -0.680. The number of benzene rings is 1. The van der Waals surface area contributed by atoms with E-state index < -0.39 is 0 Å². The third-order valence-electron chi connectivity index (χ3n) is 2.45. The average molecular weight is 311 g/mol. The lowest BCUT2D eigenvalue weighted by atomic mass is 10.1. The number of aromatic hydroxyl groups is 1. The van der Waals surface area contributed by atoms with E-state index in [0.29, 0.717) is 18.8 Å². The Bertz CT molecular complexity index is 354. The van der Waals surface area contributed by atoms with Crippen LogP contribution < -0.4 is 4.74 Å². The molecule has 1 rings (SSSR count). The summed E-state index contributed by atoms with van der Waals surface area (Å²) in [6.07, 6.45) is 0. The Morgan fingerprint density at radius 1 is 0.947 bits per heavy atom. The highest BCUT2D eigenvalue weighted by Gasteiger charge is 2.11. The van der Waals surface area contributed by atoms with Gasteiger partial charge >= 0.3 is 0 Å². The summed E-state index contributed by atoms with van der Waals surface area (Å²) in [5, 5.41) is 10.2. The molecule has 1 aromatic rings. The van der Waals surface area contributed by atoms with Crippen molar-refractivity contribution < 1.29 is 9.84 Å². The molecule has 0 aliphatic heterocycles. The largest absolute Gasteiger partial charge is 0.507 e. The van der Waals surface area contributed by atoms with Crippen LogP contribution in [0.4, 0.5) is 0 Å². The standard InChI is InChI=1S/C13H22N2O2.2ClH/c1-14(2)8-10-6-12(17-5)7-11(13(10)16)9-15(3)4;;/h6-7,16H,8-9H2,1-5H3;2*1H. The minimum atomic E-state index is 0. The Morgan fingerprint density at radius 3 is 1.58 bits per heavy atom. The fraction of sp³-hybridized carbons (Fsp3) is 0.538. The highest BCUT2D eigenvalue weighted by atomic mass is 35.5. The van der Waals surface area contributed by atoms with Crippen LogP contribution in [-0.2, 0) is 13.1 Å². The maximum Gasteiger partial charge on any atom is 0.124 e. The van der Waals surface area contributed by atoms with Crippen molar-refractivity contribution in [3.63, 3.8) is 0 Å². The van der Waals surface area contributed by atoms with Crippen molar-refractivity contribution in [2.45, 2.75) is 13.1 Å². The van der Waals surface area contributed by atoms with Crippen molar-refractivity contribution in [2.24, 2.45) is 0 Å². The third-order valence-corrected chi connectivity index (χ3v) is 2.45. The highest BCUT2D eigenvalue weighted by Crippen LogP contribution is 2.29. The quantitative estimate of drug-likeness (QED) is 0.906. The lowest BCUT2D eigenvalue weighted by molar-refractivity contribution is 0.361. The minimum Gasteiger partial charge on any atom is -0.507 e. The Balaban J connectivity index is 0. The van der Waals surface area contributed by atoms with Gasteiger partial charge in [0.15, 0.2) is 0 Å². The molecular weight excluding hydrogens is 287 g/mol. The summed E-state index contributed by atoms with van der Waals surface area (Å²) in [5.74, 6) is 1.16. The van der Waals surface area contributed by atoms with Gasteiger partial charge < -0.3 is 19.6 Å². The van der Waals surface area contributed by atoms with Crippen LogP contribution in [0.3, 0.4) is 0 Å². The van der Waals surface area contributed by atoms with Gasteiger partial charge in [0.1, 0.15) is 11.5 Å². The number of methoxy groups -OCH3 is 1. The van der Waals surface area contributed by atoms with Gasteiger partial charge in [0.25, 0.3) is 0 Å². The van der Waals surface area contributed by atoms with Crippen molar-refractivity contribution in [1.82, 2.24) is 9.80 Å². The molecule has 0 aliphatic carbocycles. The van der Waals surface area contributed by atoms with Crippen LogP contribution in [0.5, 0.6) is 11.5 Å². The monoisotopic (exact) mass is 310 g/mol. The van der Waals surface area contributed by atoms with Gasteiger partial charge in [-0.25, -0.2) is 0 Å². The van der Waals surface area contributed by atoms with E-state index in [1.54, 1.807) is 7.11 Å². The lowest BCUT2D eigenvalue weighted by Gasteiger charge is -2.17. The fourth-order valence-electron chi connectivity index (χ4n) is 1.77. The van der Waals surface area contributed by atoms with E-state index in [0.717, 1.165) is 16.9 Å². The number of nitrogens with zero attached hydrogens (tertiary/aromatic N) is 2. The van der Waals surface area contributed by atoms with E-state index in [4.69, 9.17) is 4.74 Å². The number of rotatable bonds is 5. The van der Waals surface area contributed by atoms with Gasteiger partial charge in [0.05, 0.1) is 7.11 Å². The normalized spacial score (nSPS) is 10.1. The molecule has 1 aromatic carbocycles. The predicted molar refractivity (Wildman–Crippen MR) is 83.9 cm³/mol. The predicted octanol–water partition coefficient (Wildman–Crippen LogP) is 2.37. The number of ether oxygens (including phenoxy) is 1. The lowest BCUT2D eigenvalue weighted by Crippen LogP contribution is -2.14. The molecule has 0 saturated carbocycles. The van der Waals surface area contributed by atoms with Gasteiger partial charge in [-0.15, -0.1) is 24.8 Å². The summed E-state index contributed by atoms with van der Waals surface area (Å²) in [5.41, 5.74) is 1.79. The summed E-state index contributed by atoms with van der Waals surface area (Å²) in [7, 11) is 9.55. The fourth-order valence-corrected chi connectivity index (χ4v) is 1.77. The molecule has 4 nitrogen and oxygen atoms in total. The molecule has 0 atom stereocenters. The summed E-state index contributed by atoms with van der Waals surface area (Å²) in [4.78, 5) is 4.04. The van der Waals surface area contributed by atoms with E-state index in [2.05, 4.69) is 0 Å². The molecule has 0 aliphatic rings.